The van der Waals surface area contributed by atoms with E-state index in [4.69, 9.17) is 0 Å². The van der Waals surface area contributed by atoms with E-state index < -0.39 is 45.2 Å². The van der Waals surface area contributed by atoms with Gasteiger partial charge in [-0.25, -0.2) is 8.87 Å². The molecule has 1 aromatic carbocycles. The fourth-order valence-electron chi connectivity index (χ4n) is 4.90. The van der Waals surface area contributed by atoms with E-state index in [2.05, 4.69) is 0 Å². The van der Waals surface area contributed by atoms with Gasteiger partial charge in [0.25, 0.3) is 0 Å². The van der Waals surface area contributed by atoms with Gasteiger partial charge in [0.05, 0.1) is 13.2 Å². The summed E-state index contributed by atoms with van der Waals surface area (Å²) in [5.41, 5.74) is -1.36. The zero-order valence-electron chi connectivity index (χ0n) is 17.2. The van der Waals surface area contributed by atoms with Gasteiger partial charge in [-0.1, -0.05) is 19.1 Å². The van der Waals surface area contributed by atoms with Crippen LogP contribution in [0.2, 0.25) is 0 Å². The lowest BCUT2D eigenvalue weighted by molar-refractivity contribution is -0.918. The molecule has 0 aliphatic carbocycles. The van der Waals surface area contributed by atoms with E-state index in [1.807, 2.05) is 0 Å². The number of benzene rings is 1. The molecule has 1 saturated heterocycles. The number of hydrogen-bond acceptors (Lipinski definition) is 3. The summed E-state index contributed by atoms with van der Waals surface area (Å²) in [5, 5.41) is 30.6. The molecular weight excluding hydrogens is 365 g/mol. The zero-order chi connectivity index (χ0) is 21.5. The first-order chi connectivity index (χ1) is 12.9. The van der Waals surface area contributed by atoms with Crippen LogP contribution in [-0.2, 0) is 4.79 Å². The minimum Gasteiger partial charge on any atom is -0.481 e. The largest absolute Gasteiger partial charge is 0.514 e. The van der Waals surface area contributed by atoms with Gasteiger partial charge in [-0.2, -0.15) is 4.79 Å². The number of aliphatic hydroxyl groups is 1. The number of carboxylic acid groups (broad SMARTS) is 2. The van der Waals surface area contributed by atoms with Crippen molar-refractivity contribution >= 4 is 12.1 Å². The van der Waals surface area contributed by atoms with Crippen molar-refractivity contribution in [3.8, 4) is 0 Å². The van der Waals surface area contributed by atoms with E-state index >= 15 is 0 Å². The van der Waals surface area contributed by atoms with Crippen molar-refractivity contribution in [2.45, 2.75) is 52.5 Å². The number of likely N-dealkylation sites (tertiary alicyclic amines) is 1. The van der Waals surface area contributed by atoms with Gasteiger partial charge in [-0.3, -0.25) is 4.79 Å². The van der Waals surface area contributed by atoms with Gasteiger partial charge >= 0.3 is 12.1 Å². The van der Waals surface area contributed by atoms with Crippen LogP contribution in [0.25, 0.3) is 0 Å². The molecule has 1 fully saturated rings. The summed E-state index contributed by atoms with van der Waals surface area (Å²) in [7, 11) is 0. The molecule has 1 heterocycles. The first-order valence-electron chi connectivity index (χ1n) is 9.58. The van der Waals surface area contributed by atoms with E-state index in [9.17, 15) is 29.3 Å². The summed E-state index contributed by atoms with van der Waals surface area (Å²) in [6, 6.07) is 4.54. The van der Waals surface area contributed by atoms with Gasteiger partial charge in [0.2, 0.25) is 0 Å². The molecule has 0 bridgehead atoms. The molecule has 1 aliphatic rings. The Bertz CT molecular complexity index is 775. The fourth-order valence-corrected chi connectivity index (χ4v) is 4.90. The highest BCUT2D eigenvalue weighted by molar-refractivity contribution is 5.77. The van der Waals surface area contributed by atoms with Gasteiger partial charge in [0.15, 0.2) is 0 Å². The highest BCUT2D eigenvalue weighted by Gasteiger charge is 2.65. The number of carbonyl (C=O) groups is 2. The Labute approximate surface area is 165 Å². The molecule has 0 spiro atoms. The number of halogens is 1. The van der Waals surface area contributed by atoms with Crippen LogP contribution < -0.4 is 0 Å². The van der Waals surface area contributed by atoms with E-state index in [-0.39, 0.29) is 26.1 Å². The van der Waals surface area contributed by atoms with Crippen LogP contribution in [0.15, 0.2) is 18.2 Å². The van der Waals surface area contributed by atoms with Crippen LogP contribution in [0.3, 0.4) is 0 Å². The Balaban J connectivity index is 2.81. The molecule has 6 nitrogen and oxygen atoms in total. The fraction of sp³-hybridized carbons (Fsp3) is 0.619. The third-order valence-corrected chi connectivity index (χ3v) is 6.75. The van der Waals surface area contributed by atoms with E-state index in [1.54, 1.807) is 40.7 Å². The predicted octanol–water partition coefficient (Wildman–Crippen LogP) is 3.61. The Morgan fingerprint density at radius 3 is 2.32 bits per heavy atom. The second kappa shape index (κ2) is 7.44. The second-order valence-corrected chi connectivity index (χ2v) is 8.95. The monoisotopic (exact) mass is 396 g/mol. The normalized spacial score (nSPS) is 30.8. The number of quaternary nitrogens is 1. The van der Waals surface area contributed by atoms with Crippen LogP contribution >= 0.6 is 0 Å². The zero-order valence-corrected chi connectivity index (χ0v) is 17.2. The lowest BCUT2D eigenvalue weighted by Gasteiger charge is -2.56. The number of nitrogens with zero attached hydrogens (tertiary/aromatic N) is 1. The van der Waals surface area contributed by atoms with Crippen LogP contribution in [0, 0.1) is 24.1 Å². The number of carboxylic acids is 1. The van der Waals surface area contributed by atoms with Crippen molar-refractivity contribution in [3.05, 3.63) is 35.1 Å². The minimum atomic E-state index is -1.45. The first-order valence-corrected chi connectivity index (χ1v) is 9.58. The molecule has 1 aliphatic heterocycles. The molecule has 1 amide bonds. The summed E-state index contributed by atoms with van der Waals surface area (Å²) >= 11 is 0. The lowest BCUT2D eigenvalue weighted by Crippen LogP contribution is -2.73. The molecule has 0 unspecified atom stereocenters. The summed E-state index contributed by atoms with van der Waals surface area (Å²) in [6.07, 6.45) is -0.942. The third-order valence-electron chi connectivity index (χ3n) is 6.75. The highest BCUT2D eigenvalue weighted by atomic mass is 19.1. The van der Waals surface area contributed by atoms with Gasteiger partial charge in [0.1, 0.15) is 23.3 Å². The van der Waals surface area contributed by atoms with Crippen LogP contribution in [0.5, 0.6) is 0 Å². The molecule has 28 heavy (non-hydrogen) atoms. The molecular formula is C21H31FNO5+. The first kappa shape index (κ1) is 22.3. The maximum Gasteiger partial charge on any atom is 0.514 e. The van der Waals surface area contributed by atoms with Crippen molar-refractivity contribution in [1.29, 1.82) is 0 Å². The maximum absolute atomic E-state index is 14.3. The van der Waals surface area contributed by atoms with Gasteiger partial charge < -0.3 is 15.3 Å². The number of hydrogen-bond donors (Lipinski definition) is 3. The summed E-state index contributed by atoms with van der Waals surface area (Å²) < 4.78 is 13.8. The number of aliphatic hydroxyl groups excluding tert-OH is 1. The molecule has 1 aromatic rings. The molecule has 4 atom stereocenters. The standard InChI is InChI=1S/C21H30FNO5/c1-6-21(18(25)26)12-23(19(27)28,20(3,4)5)10-14(11-24)17(21)15-8-7-9-16(22)13(15)2/h7-9,14,17,24H,6,10-12H2,1-5H3,(H-,25,26,27,28)/p+1/t14-,17+,21+,23+/m1/s1. The molecule has 0 saturated carbocycles. The van der Waals surface area contributed by atoms with Gasteiger partial charge in [-0.05, 0) is 51.3 Å². The molecule has 7 heteroatoms. The van der Waals surface area contributed by atoms with Crippen molar-refractivity contribution in [1.82, 2.24) is 0 Å². The predicted molar refractivity (Wildman–Crippen MR) is 103 cm³/mol. The Morgan fingerprint density at radius 1 is 1.29 bits per heavy atom. The van der Waals surface area contributed by atoms with Crippen LogP contribution in [-0.4, -0.2) is 57.1 Å². The molecule has 0 radical (unpaired) electrons. The number of piperidine rings is 1. The average Bonchev–Trinajstić information content (AvgIpc) is 2.61. The van der Waals surface area contributed by atoms with Gasteiger partial charge in [0, 0.05) is 11.8 Å². The Kier molecular flexibility index (Phi) is 5.93. The van der Waals surface area contributed by atoms with E-state index in [1.165, 1.54) is 12.1 Å². The topological polar surface area (TPSA) is 94.8 Å². The van der Waals surface area contributed by atoms with Crippen molar-refractivity contribution < 1.29 is 33.8 Å². The molecule has 0 aromatic heterocycles. The van der Waals surface area contributed by atoms with E-state index in [0.717, 1.165) is 0 Å². The van der Waals surface area contributed by atoms with Crippen LogP contribution in [0.4, 0.5) is 9.18 Å². The molecule has 2 rings (SSSR count). The van der Waals surface area contributed by atoms with Crippen molar-refractivity contribution in [2.24, 2.45) is 11.3 Å². The smallest absolute Gasteiger partial charge is 0.481 e. The van der Waals surface area contributed by atoms with E-state index in [0.29, 0.717) is 11.1 Å². The van der Waals surface area contributed by atoms with Crippen molar-refractivity contribution in [3.63, 3.8) is 0 Å². The Hall–Kier alpha value is -1.99. The number of rotatable bonds is 4. The maximum atomic E-state index is 14.3. The minimum absolute atomic E-state index is 0.0744. The third kappa shape index (κ3) is 3.20. The summed E-state index contributed by atoms with van der Waals surface area (Å²) in [5.74, 6) is -2.89. The average molecular weight is 396 g/mol. The summed E-state index contributed by atoms with van der Waals surface area (Å²) in [6.45, 7) is 8.19. The second-order valence-electron chi connectivity index (χ2n) is 8.95. The highest BCUT2D eigenvalue weighted by Crippen LogP contribution is 2.53. The summed E-state index contributed by atoms with van der Waals surface area (Å²) in [4.78, 5) is 25.0. The molecule has 3 N–H and O–H groups in total. The number of aliphatic carboxylic acids is 1. The van der Waals surface area contributed by atoms with Gasteiger partial charge in [-0.15, -0.1) is 0 Å². The van der Waals surface area contributed by atoms with Crippen LogP contribution in [0.1, 0.15) is 51.2 Å². The Morgan fingerprint density at radius 2 is 1.89 bits per heavy atom. The quantitative estimate of drug-likeness (QED) is 0.676. The van der Waals surface area contributed by atoms with Crippen molar-refractivity contribution in [2.75, 3.05) is 19.7 Å². The SMILES string of the molecule is CC[C@]1(C(=O)O)C[N@@+](C(=O)O)(C(C)(C)C)C[C@H](CO)[C@H]1c1cccc(F)c1C. The number of amides is 1. The lowest BCUT2D eigenvalue weighted by atomic mass is 9.60. The molecule has 156 valence electrons.